The SMILES string of the molecule is CNCCOC(=O)CCC(=O)OCCNC. The van der Waals surface area contributed by atoms with Gasteiger partial charge in [0.15, 0.2) is 0 Å². The third kappa shape index (κ3) is 9.42. The third-order valence-corrected chi connectivity index (χ3v) is 1.76. The first-order valence-corrected chi connectivity index (χ1v) is 5.31. The number of rotatable bonds is 9. The van der Waals surface area contributed by atoms with Crippen LogP contribution in [0, 0.1) is 0 Å². The minimum Gasteiger partial charge on any atom is -0.464 e. The number of carbonyl (C=O) groups is 2. The van der Waals surface area contributed by atoms with Crippen molar-refractivity contribution >= 4 is 11.9 Å². The Morgan fingerprint density at radius 2 is 1.25 bits per heavy atom. The Kier molecular flexibility index (Phi) is 9.64. The molecular formula is C10H20N2O4. The van der Waals surface area contributed by atoms with Crippen LogP contribution in [0.3, 0.4) is 0 Å². The molecule has 6 nitrogen and oxygen atoms in total. The molecule has 0 aromatic rings. The summed E-state index contributed by atoms with van der Waals surface area (Å²) in [6.07, 6.45) is 0.143. The van der Waals surface area contributed by atoms with E-state index in [1.807, 2.05) is 0 Å². The van der Waals surface area contributed by atoms with Gasteiger partial charge in [0, 0.05) is 13.1 Å². The van der Waals surface area contributed by atoms with E-state index >= 15 is 0 Å². The molecule has 0 aliphatic carbocycles. The van der Waals surface area contributed by atoms with E-state index in [-0.39, 0.29) is 24.8 Å². The van der Waals surface area contributed by atoms with E-state index in [1.165, 1.54) is 0 Å². The third-order valence-electron chi connectivity index (χ3n) is 1.76. The van der Waals surface area contributed by atoms with Gasteiger partial charge in [-0.2, -0.15) is 0 Å². The van der Waals surface area contributed by atoms with E-state index in [1.54, 1.807) is 14.1 Å². The molecule has 0 rings (SSSR count). The zero-order valence-electron chi connectivity index (χ0n) is 9.88. The number of hydrogen-bond acceptors (Lipinski definition) is 6. The van der Waals surface area contributed by atoms with E-state index in [2.05, 4.69) is 10.6 Å². The molecular weight excluding hydrogens is 212 g/mol. The van der Waals surface area contributed by atoms with Crippen LogP contribution in [0.1, 0.15) is 12.8 Å². The molecule has 0 radical (unpaired) electrons. The number of ether oxygens (including phenoxy) is 2. The molecule has 0 bridgehead atoms. The predicted octanol–water partition coefficient (Wildman–Crippen LogP) is -0.708. The average Bonchev–Trinajstić information content (AvgIpc) is 2.27. The smallest absolute Gasteiger partial charge is 0.306 e. The second-order valence-electron chi connectivity index (χ2n) is 3.15. The molecule has 0 spiro atoms. The molecule has 6 heteroatoms. The summed E-state index contributed by atoms with van der Waals surface area (Å²) < 4.78 is 9.67. The van der Waals surface area contributed by atoms with E-state index in [4.69, 9.17) is 9.47 Å². The van der Waals surface area contributed by atoms with Gasteiger partial charge in [0.05, 0.1) is 12.8 Å². The molecule has 0 aliphatic rings. The molecule has 0 saturated heterocycles. The van der Waals surface area contributed by atoms with Crippen molar-refractivity contribution in [3.63, 3.8) is 0 Å². The lowest BCUT2D eigenvalue weighted by molar-refractivity contribution is -0.150. The van der Waals surface area contributed by atoms with Crippen molar-refractivity contribution in [1.82, 2.24) is 10.6 Å². The van der Waals surface area contributed by atoms with Gasteiger partial charge in [-0.1, -0.05) is 0 Å². The molecule has 0 amide bonds. The summed E-state index contributed by atoms with van der Waals surface area (Å²) >= 11 is 0. The van der Waals surface area contributed by atoms with Crippen LogP contribution in [0.15, 0.2) is 0 Å². The van der Waals surface area contributed by atoms with Gasteiger partial charge in [-0.3, -0.25) is 9.59 Å². The fourth-order valence-corrected chi connectivity index (χ4v) is 0.882. The minimum atomic E-state index is -0.374. The molecule has 2 N–H and O–H groups in total. The Bertz CT molecular complexity index is 187. The van der Waals surface area contributed by atoms with Gasteiger partial charge in [0.1, 0.15) is 13.2 Å². The average molecular weight is 232 g/mol. The Morgan fingerprint density at radius 3 is 1.56 bits per heavy atom. The van der Waals surface area contributed by atoms with Gasteiger partial charge in [0.25, 0.3) is 0 Å². The van der Waals surface area contributed by atoms with Gasteiger partial charge in [0.2, 0.25) is 0 Å². The van der Waals surface area contributed by atoms with E-state index in [0.29, 0.717) is 26.3 Å². The van der Waals surface area contributed by atoms with Crippen molar-refractivity contribution in [2.45, 2.75) is 12.8 Å². The maximum atomic E-state index is 11.1. The van der Waals surface area contributed by atoms with Crippen LogP contribution in [0.2, 0.25) is 0 Å². The van der Waals surface area contributed by atoms with Crippen molar-refractivity contribution in [1.29, 1.82) is 0 Å². The monoisotopic (exact) mass is 232 g/mol. The Morgan fingerprint density at radius 1 is 0.875 bits per heavy atom. The number of likely N-dealkylation sites (N-methyl/N-ethyl adjacent to an activating group) is 2. The number of nitrogens with one attached hydrogen (secondary N) is 2. The second-order valence-corrected chi connectivity index (χ2v) is 3.15. The highest BCUT2D eigenvalue weighted by molar-refractivity contribution is 5.77. The molecule has 0 atom stereocenters. The van der Waals surface area contributed by atoms with Gasteiger partial charge < -0.3 is 20.1 Å². The summed E-state index contributed by atoms with van der Waals surface area (Å²) in [4.78, 5) is 22.2. The van der Waals surface area contributed by atoms with Gasteiger partial charge in [-0.25, -0.2) is 0 Å². The van der Waals surface area contributed by atoms with E-state index < -0.39 is 0 Å². The molecule has 0 unspecified atom stereocenters. The van der Waals surface area contributed by atoms with E-state index in [0.717, 1.165) is 0 Å². The maximum absolute atomic E-state index is 11.1. The van der Waals surface area contributed by atoms with Crippen LogP contribution >= 0.6 is 0 Å². The van der Waals surface area contributed by atoms with Gasteiger partial charge in [-0.15, -0.1) is 0 Å². The second kappa shape index (κ2) is 10.4. The molecule has 0 saturated carbocycles. The fourth-order valence-electron chi connectivity index (χ4n) is 0.882. The number of esters is 2. The van der Waals surface area contributed by atoms with Gasteiger partial charge >= 0.3 is 11.9 Å². The van der Waals surface area contributed by atoms with Crippen molar-refractivity contribution in [2.75, 3.05) is 40.4 Å². The zero-order valence-corrected chi connectivity index (χ0v) is 9.88. The Labute approximate surface area is 95.7 Å². The lowest BCUT2D eigenvalue weighted by Crippen LogP contribution is -2.19. The van der Waals surface area contributed by atoms with Crippen molar-refractivity contribution in [3.8, 4) is 0 Å². The van der Waals surface area contributed by atoms with Crippen molar-refractivity contribution in [2.24, 2.45) is 0 Å². The molecule has 16 heavy (non-hydrogen) atoms. The first kappa shape index (κ1) is 14.9. The highest BCUT2D eigenvalue weighted by atomic mass is 16.5. The van der Waals surface area contributed by atoms with Gasteiger partial charge in [-0.05, 0) is 14.1 Å². The molecule has 0 fully saturated rings. The minimum absolute atomic E-state index is 0.0715. The largest absolute Gasteiger partial charge is 0.464 e. The maximum Gasteiger partial charge on any atom is 0.306 e. The summed E-state index contributed by atoms with van der Waals surface area (Å²) in [6.45, 7) is 1.87. The number of carbonyl (C=O) groups excluding carboxylic acids is 2. The molecule has 0 heterocycles. The zero-order chi connectivity index (χ0) is 12.2. The quantitative estimate of drug-likeness (QED) is 0.404. The molecule has 0 aromatic carbocycles. The summed E-state index contributed by atoms with van der Waals surface area (Å²) in [5.74, 6) is -0.748. The molecule has 0 aliphatic heterocycles. The Balaban J connectivity index is 3.40. The summed E-state index contributed by atoms with van der Waals surface area (Å²) in [5, 5.41) is 5.69. The normalized spacial score (nSPS) is 9.88. The summed E-state index contributed by atoms with van der Waals surface area (Å²) in [5.41, 5.74) is 0. The van der Waals surface area contributed by atoms with Crippen LogP contribution in [-0.4, -0.2) is 52.3 Å². The molecule has 94 valence electrons. The van der Waals surface area contributed by atoms with Crippen LogP contribution in [0.4, 0.5) is 0 Å². The lowest BCUT2D eigenvalue weighted by Gasteiger charge is -2.05. The van der Waals surface area contributed by atoms with E-state index in [9.17, 15) is 9.59 Å². The van der Waals surface area contributed by atoms with Crippen LogP contribution in [0.25, 0.3) is 0 Å². The first-order valence-electron chi connectivity index (χ1n) is 5.31. The highest BCUT2D eigenvalue weighted by Crippen LogP contribution is 1.95. The lowest BCUT2D eigenvalue weighted by atomic mass is 10.3. The first-order chi connectivity index (χ1) is 7.70. The summed E-state index contributed by atoms with van der Waals surface area (Å²) in [6, 6.07) is 0. The standard InChI is InChI=1S/C10H20N2O4/c1-11-5-7-15-9(13)3-4-10(14)16-8-6-12-2/h11-12H,3-8H2,1-2H3. The Hall–Kier alpha value is -1.14. The van der Waals surface area contributed by atoms with Crippen LogP contribution in [-0.2, 0) is 19.1 Å². The topological polar surface area (TPSA) is 76.7 Å². The number of hydrogen-bond donors (Lipinski definition) is 2. The van der Waals surface area contributed by atoms with Crippen LogP contribution in [0.5, 0.6) is 0 Å². The summed E-state index contributed by atoms with van der Waals surface area (Å²) in [7, 11) is 3.54. The van der Waals surface area contributed by atoms with Crippen LogP contribution < -0.4 is 10.6 Å². The van der Waals surface area contributed by atoms with Crippen molar-refractivity contribution in [3.05, 3.63) is 0 Å². The fraction of sp³-hybridized carbons (Fsp3) is 0.800. The predicted molar refractivity (Wildman–Crippen MR) is 59.0 cm³/mol. The van der Waals surface area contributed by atoms with Crippen molar-refractivity contribution < 1.29 is 19.1 Å². The molecule has 0 aromatic heterocycles. The highest BCUT2D eigenvalue weighted by Gasteiger charge is 2.08.